The van der Waals surface area contributed by atoms with Gasteiger partial charge in [-0.15, -0.1) is 12.4 Å². The molecule has 1 unspecified atom stereocenters. The molecule has 0 saturated carbocycles. The molecule has 0 radical (unpaired) electrons. The SMILES string of the molecule is COc1ccc(-c2noc(CCC(=O)N(C)C(C)CN)n2)cc1.Cl. The quantitative estimate of drug-likeness (QED) is 0.816. The number of rotatable bonds is 7. The van der Waals surface area contributed by atoms with Crippen LogP contribution in [-0.2, 0) is 11.2 Å². The molecule has 2 rings (SSSR count). The van der Waals surface area contributed by atoms with E-state index in [1.165, 1.54) is 0 Å². The third-order valence-electron chi connectivity index (χ3n) is 3.76. The number of halogens is 1. The van der Waals surface area contributed by atoms with Gasteiger partial charge in [0.1, 0.15) is 5.75 Å². The maximum atomic E-state index is 12.0. The summed E-state index contributed by atoms with van der Waals surface area (Å²) in [6.07, 6.45) is 0.717. The summed E-state index contributed by atoms with van der Waals surface area (Å²) >= 11 is 0. The molecule has 0 aliphatic rings. The number of ether oxygens (including phenoxy) is 1. The van der Waals surface area contributed by atoms with E-state index in [4.69, 9.17) is 15.0 Å². The van der Waals surface area contributed by atoms with Crippen LogP contribution in [0.5, 0.6) is 5.75 Å². The fourth-order valence-electron chi connectivity index (χ4n) is 2.01. The van der Waals surface area contributed by atoms with Crippen molar-refractivity contribution >= 4 is 18.3 Å². The first-order valence-corrected chi connectivity index (χ1v) is 7.48. The highest BCUT2D eigenvalue weighted by atomic mass is 35.5. The molecule has 2 aromatic rings. The smallest absolute Gasteiger partial charge is 0.227 e. The number of hydrogen-bond donors (Lipinski definition) is 1. The van der Waals surface area contributed by atoms with Crippen LogP contribution in [0, 0.1) is 0 Å². The Morgan fingerprint density at radius 3 is 2.62 bits per heavy atom. The van der Waals surface area contributed by atoms with Gasteiger partial charge < -0.3 is 19.9 Å². The molecule has 0 saturated heterocycles. The Balaban J connectivity index is 0.00000288. The zero-order valence-corrected chi connectivity index (χ0v) is 14.9. The number of aryl methyl sites for hydroxylation is 1. The fourth-order valence-corrected chi connectivity index (χ4v) is 2.01. The molecule has 1 amide bonds. The zero-order valence-electron chi connectivity index (χ0n) is 14.1. The summed E-state index contributed by atoms with van der Waals surface area (Å²) in [6, 6.07) is 7.39. The van der Waals surface area contributed by atoms with Gasteiger partial charge in [-0.05, 0) is 31.2 Å². The van der Waals surface area contributed by atoms with Crippen LogP contribution < -0.4 is 10.5 Å². The molecule has 1 heterocycles. The van der Waals surface area contributed by atoms with Gasteiger partial charge in [-0.1, -0.05) is 5.16 Å². The van der Waals surface area contributed by atoms with Crippen molar-refractivity contribution in [1.29, 1.82) is 0 Å². The van der Waals surface area contributed by atoms with E-state index in [1.807, 2.05) is 31.2 Å². The second kappa shape index (κ2) is 9.24. The maximum Gasteiger partial charge on any atom is 0.227 e. The van der Waals surface area contributed by atoms with Crippen molar-refractivity contribution < 1.29 is 14.1 Å². The molecule has 1 atom stereocenters. The van der Waals surface area contributed by atoms with Gasteiger partial charge in [0.05, 0.1) is 7.11 Å². The molecule has 0 aliphatic heterocycles. The van der Waals surface area contributed by atoms with E-state index < -0.39 is 0 Å². The molecule has 0 fully saturated rings. The number of benzene rings is 1. The van der Waals surface area contributed by atoms with Crippen molar-refractivity contribution in [2.75, 3.05) is 20.7 Å². The number of carbonyl (C=O) groups is 1. The summed E-state index contributed by atoms with van der Waals surface area (Å²) in [5.74, 6) is 1.71. The molecular weight excluding hydrogens is 332 g/mol. The summed E-state index contributed by atoms with van der Waals surface area (Å²) in [6.45, 7) is 2.34. The van der Waals surface area contributed by atoms with Crippen molar-refractivity contribution in [2.24, 2.45) is 5.73 Å². The average molecular weight is 355 g/mol. The molecule has 0 spiro atoms. The largest absolute Gasteiger partial charge is 0.497 e. The summed E-state index contributed by atoms with van der Waals surface area (Å²) in [4.78, 5) is 18.0. The average Bonchev–Trinajstić information content (AvgIpc) is 3.07. The molecule has 2 N–H and O–H groups in total. The highest BCUT2D eigenvalue weighted by Gasteiger charge is 2.16. The van der Waals surface area contributed by atoms with E-state index in [2.05, 4.69) is 10.1 Å². The Bertz CT molecular complexity index is 645. The number of aromatic nitrogens is 2. The van der Waals surface area contributed by atoms with Crippen LogP contribution in [0.4, 0.5) is 0 Å². The third-order valence-corrected chi connectivity index (χ3v) is 3.76. The van der Waals surface area contributed by atoms with Gasteiger partial charge in [0, 0.05) is 38.0 Å². The number of amides is 1. The number of carbonyl (C=O) groups excluding carboxylic acids is 1. The second-order valence-electron chi connectivity index (χ2n) is 5.33. The lowest BCUT2D eigenvalue weighted by Crippen LogP contribution is -2.39. The van der Waals surface area contributed by atoms with Gasteiger partial charge in [0.15, 0.2) is 0 Å². The first-order chi connectivity index (χ1) is 11.0. The molecule has 24 heavy (non-hydrogen) atoms. The van der Waals surface area contributed by atoms with Gasteiger partial charge in [-0.25, -0.2) is 0 Å². The molecule has 132 valence electrons. The highest BCUT2D eigenvalue weighted by Crippen LogP contribution is 2.20. The van der Waals surface area contributed by atoms with Crippen molar-refractivity contribution in [3.05, 3.63) is 30.2 Å². The van der Waals surface area contributed by atoms with E-state index in [1.54, 1.807) is 19.1 Å². The maximum absolute atomic E-state index is 12.0. The van der Waals surface area contributed by atoms with Crippen LogP contribution in [0.15, 0.2) is 28.8 Å². The van der Waals surface area contributed by atoms with Crippen LogP contribution >= 0.6 is 12.4 Å². The Kier molecular flexibility index (Phi) is 7.67. The van der Waals surface area contributed by atoms with E-state index in [-0.39, 0.29) is 24.4 Å². The van der Waals surface area contributed by atoms with E-state index >= 15 is 0 Å². The number of likely N-dealkylation sites (N-methyl/N-ethyl adjacent to an activating group) is 1. The summed E-state index contributed by atoms with van der Waals surface area (Å²) in [7, 11) is 3.36. The third kappa shape index (κ3) is 4.94. The molecule has 1 aromatic heterocycles. The predicted octanol–water partition coefficient (Wildman–Crippen LogP) is 1.91. The predicted molar refractivity (Wildman–Crippen MR) is 93.1 cm³/mol. The van der Waals surface area contributed by atoms with Crippen LogP contribution in [-0.4, -0.2) is 47.7 Å². The normalized spacial score (nSPS) is 11.5. The first kappa shape index (κ1) is 19.9. The topological polar surface area (TPSA) is 94.5 Å². The standard InChI is InChI=1S/C16H22N4O3.ClH/c1-11(10-17)20(2)15(21)9-8-14-18-16(19-23-14)12-4-6-13(22-3)7-5-12;/h4-7,11H,8-10,17H2,1-3H3;1H. The molecular formula is C16H23ClN4O3. The van der Waals surface area contributed by atoms with Crippen molar-refractivity contribution in [3.63, 3.8) is 0 Å². The van der Waals surface area contributed by atoms with Crippen LogP contribution in [0.3, 0.4) is 0 Å². The van der Waals surface area contributed by atoms with E-state index in [0.29, 0.717) is 31.1 Å². The Morgan fingerprint density at radius 2 is 2.04 bits per heavy atom. The van der Waals surface area contributed by atoms with Crippen LogP contribution in [0.2, 0.25) is 0 Å². The minimum absolute atomic E-state index is 0. The number of nitrogens with zero attached hydrogens (tertiary/aromatic N) is 3. The minimum atomic E-state index is 0. The van der Waals surface area contributed by atoms with Crippen molar-refractivity contribution in [2.45, 2.75) is 25.8 Å². The lowest BCUT2D eigenvalue weighted by molar-refractivity contribution is -0.131. The second-order valence-corrected chi connectivity index (χ2v) is 5.33. The van der Waals surface area contributed by atoms with E-state index in [0.717, 1.165) is 11.3 Å². The summed E-state index contributed by atoms with van der Waals surface area (Å²) in [5.41, 5.74) is 6.40. The minimum Gasteiger partial charge on any atom is -0.497 e. The Morgan fingerprint density at radius 1 is 1.38 bits per heavy atom. The fraction of sp³-hybridized carbons (Fsp3) is 0.438. The molecule has 1 aromatic carbocycles. The summed E-state index contributed by atoms with van der Waals surface area (Å²) < 4.78 is 10.3. The van der Waals surface area contributed by atoms with Gasteiger partial charge >= 0.3 is 0 Å². The van der Waals surface area contributed by atoms with Gasteiger partial charge in [0.25, 0.3) is 0 Å². The van der Waals surface area contributed by atoms with Gasteiger partial charge in [0.2, 0.25) is 17.6 Å². The van der Waals surface area contributed by atoms with Crippen molar-refractivity contribution in [1.82, 2.24) is 15.0 Å². The first-order valence-electron chi connectivity index (χ1n) is 7.48. The molecule has 7 nitrogen and oxygen atoms in total. The summed E-state index contributed by atoms with van der Waals surface area (Å²) in [5, 5.41) is 3.94. The van der Waals surface area contributed by atoms with Crippen molar-refractivity contribution in [3.8, 4) is 17.1 Å². The lowest BCUT2D eigenvalue weighted by atomic mass is 10.2. The zero-order chi connectivity index (χ0) is 16.8. The highest BCUT2D eigenvalue weighted by molar-refractivity contribution is 5.85. The molecule has 0 aliphatic carbocycles. The number of methoxy groups -OCH3 is 1. The van der Waals surface area contributed by atoms with Gasteiger partial charge in [-0.3, -0.25) is 4.79 Å². The molecule has 8 heteroatoms. The lowest BCUT2D eigenvalue weighted by Gasteiger charge is -2.23. The Hall–Kier alpha value is -2.12. The number of nitrogens with two attached hydrogens (primary N) is 1. The molecule has 0 bridgehead atoms. The monoisotopic (exact) mass is 354 g/mol. The van der Waals surface area contributed by atoms with E-state index in [9.17, 15) is 4.79 Å². The Labute approximate surface area is 147 Å². The van der Waals surface area contributed by atoms with Crippen LogP contribution in [0.1, 0.15) is 19.2 Å². The van der Waals surface area contributed by atoms with Crippen LogP contribution in [0.25, 0.3) is 11.4 Å². The number of hydrogen-bond acceptors (Lipinski definition) is 6. The van der Waals surface area contributed by atoms with Gasteiger partial charge in [-0.2, -0.15) is 4.98 Å².